The third-order valence-corrected chi connectivity index (χ3v) is 6.94. The number of ether oxygens (including phenoxy) is 1. The maximum Gasteiger partial charge on any atom is 0.258 e. The van der Waals surface area contributed by atoms with Crippen molar-refractivity contribution in [3.8, 4) is 5.75 Å². The van der Waals surface area contributed by atoms with Gasteiger partial charge < -0.3 is 20.7 Å². The number of nitrogens with zero attached hydrogens (tertiary/aromatic N) is 1. The molecule has 3 fully saturated rings. The molecule has 1 aromatic carbocycles. The third kappa shape index (κ3) is 3.70. The summed E-state index contributed by atoms with van der Waals surface area (Å²) in [5.41, 5.74) is 0.329. The van der Waals surface area contributed by atoms with E-state index in [1.54, 1.807) is 24.4 Å². The smallest absolute Gasteiger partial charge is 0.258 e. The summed E-state index contributed by atoms with van der Waals surface area (Å²) in [6, 6.07) is 10.7. The van der Waals surface area contributed by atoms with Gasteiger partial charge in [-0.15, -0.1) is 0 Å². The Bertz CT molecular complexity index is 1040. The second kappa shape index (κ2) is 8.26. The van der Waals surface area contributed by atoms with Gasteiger partial charge in [0, 0.05) is 43.7 Å². The SMILES string of the molecule is O=C(NCCNC(=O)C1CC2CCC1CC21NC(=O)c2ccccc2O1)c1cccnc1. The van der Waals surface area contributed by atoms with E-state index in [9.17, 15) is 14.4 Å². The molecule has 0 radical (unpaired) electrons. The lowest BCUT2D eigenvalue weighted by Gasteiger charge is -2.55. The number of pyridine rings is 1. The summed E-state index contributed by atoms with van der Waals surface area (Å²) in [5.74, 6) is 0.440. The van der Waals surface area contributed by atoms with Crippen LogP contribution in [0, 0.1) is 17.8 Å². The highest BCUT2D eigenvalue weighted by Crippen LogP contribution is 2.52. The first kappa shape index (κ1) is 20.5. The van der Waals surface area contributed by atoms with Crippen molar-refractivity contribution < 1.29 is 19.1 Å². The van der Waals surface area contributed by atoms with Crippen molar-refractivity contribution in [3.63, 3.8) is 0 Å². The van der Waals surface area contributed by atoms with Crippen molar-refractivity contribution in [1.82, 2.24) is 20.9 Å². The summed E-state index contributed by atoms with van der Waals surface area (Å²) in [6.07, 6.45) is 6.31. The molecule has 6 rings (SSSR count). The number of carbonyl (C=O) groups is 3. The van der Waals surface area contributed by atoms with Crippen LogP contribution < -0.4 is 20.7 Å². The van der Waals surface area contributed by atoms with Crippen LogP contribution in [0.1, 0.15) is 46.4 Å². The monoisotopic (exact) mass is 434 g/mol. The Labute approximate surface area is 186 Å². The molecule has 4 atom stereocenters. The molecule has 3 amide bonds. The van der Waals surface area contributed by atoms with Crippen molar-refractivity contribution in [2.45, 2.75) is 31.4 Å². The number of fused-ring (bicyclic) bond motifs is 3. The van der Waals surface area contributed by atoms with Crippen LogP contribution >= 0.6 is 0 Å². The van der Waals surface area contributed by atoms with Crippen LogP contribution in [0.3, 0.4) is 0 Å². The summed E-state index contributed by atoms with van der Waals surface area (Å²) >= 11 is 0. The first-order valence-electron chi connectivity index (χ1n) is 11.1. The van der Waals surface area contributed by atoms with E-state index >= 15 is 0 Å². The van der Waals surface area contributed by atoms with Crippen molar-refractivity contribution in [2.24, 2.45) is 17.8 Å². The van der Waals surface area contributed by atoms with E-state index in [1.807, 2.05) is 18.2 Å². The van der Waals surface area contributed by atoms with Gasteiger partial charge >= 0.3 is 0 Å². The largest absolute Gasteiger partial charge is 0.467 e. The van der Waals surface area contributed by atoms with E-state index in [0.717, 1.165) is 12.8 Å². The highest BCUT2D eigenvalue weighted by atomic mass is 16.5. The molecule has 3 N–H and O–H groups in total. The van der Waals surface area contributed by atoms with Gasteiger partial charge in [-0.05, 0) is 49.4 Å². The number of rotatable bonds is 5. The predicted octanol–water partition coefficient (Wildman–Crippen LogP) is 1.88. The van der Waals surface area contributed by atoms with Crippen molar-refractivity contribution >= 4 is 17.7 Å². The van der Waals surface area contributed by atoms with Gasteiger partial charge in [0.2, 0.25) is 5.91 Å². The molecule has 2 heterocycles. The lowest BCUT2D eigenvalue weighted by molar-refractivity contribution is -0.146. The van der Waals surface area contributed by atoms with Crippen molar-refractivity contribution in [3.05, 3.63) is 59.9 Å². The van der Waals surface area contributed by atoms with Crippen LogP contribution in [0.15, 0.2) is 48.8 Å². The van der Waals surface area contributed by atoms with E-state index < -0.39 is 5.72 Å². The Kier molecular flexibility index (Phi) is 5.28. The molecule has 32 heavy (non-hydrogen) atoms. The Hall–Kier alpha value is -3.42. The van der Waals surface area contributed by atoms with Gasteiger partial charge in [-0.1, -0.05) is 12.1 Å². The third-order valence-electron chi connectivity index (χ3n) is 6.94. The van der Waals surface area contributed by atoms with Gasteiger partial charge in [0.1, 0.15) is 5.75 Å². The second-order valence-electron chi connectivity index (χ2n) is 8.81. The van der Waals surface area contributed by atoms with Gasteiger partial charge in [-0.2, -0.15) is 0 Å². The quantitative estimate of drug-likeness (QED) is 0.623. The molecule has 2 bridgehead atoms. The summed E-state index contributed by atoms with van der Waals surface area (Å²) < 4.78 is 6.34. The standard InChI is InChI=1S/C24H26N4O4/c29-21(16-4-3-9-25-14-16)26-10-11-27-22(30)19-12-17-8-7-15(19)13-24(17)28-23(31)18-5-1-2-6-20(18)32-24/h1-6,9,14-15,17,19H,7-8,10-13H2,(H,26,29)(H,27,30)(H,28,31). The average molecular weight is 434 g/mol. The van der Waals surface area contributed by atoms with E-state index in [-0.39, 0.29) is 35.5 Å². The fourth-order valence-electron chi connectivity index (χ4n) is 5.37. The van der Waals surface area contributed by atoms with E-state index in [1.165, 1.54) is 6.20 Å². The van der Waals surface area contributed by atoms with Crippen molar-refractivity contribution in [1.29, 1.82) is 0 Å². The molecule has 2 aromatic rings. The molecule has 8 nitrogen and oxygen atoms in total. The predicted molar refractivity (Wildman–Crippen MR) is 116 cm³/mol. The molecule has 1 aromatic heterocycles. The molecule has 4 unspecified atom stereocenters. The highest BCUT2D eigenvalue weighted by molar-refractivity contribution is 5.98. The minimum atomic E-state index is -0.719. The highest BCUT2D eigenvalue weighted by Gasteiger charge is 2.57. The van der Waals surface area contributed by atoms with Crippen LogP contribution in [0.5, 0.6) is 5.75 Å². The zero-order valence-corrected chi connectivity index (χ0v) is 17.7. The van der Waals surface area contributed by atoms with Gasteiger partial charge in [-0.25, -0.2) is 0 Å². The number of benzene rings is 1. The average Bonchev–Trinajstić information content (AvgIpc) is 2.82. The summed E-state index contributed by atoms with van der Waals surface area (Å²) in [6.45, 7) is 0.713. The number of aromatic nitrogens is 1. The fourth-order valence-corrected chi connectivity index (χ4v) is 5.37. The molecule has 3 aliphatic carbocycles. The molecule has 4 aliphatic rings. The van der Waals surface area contributed by atoms with Gasteiger partial charge in [0.25, 0.3) is 11.8 Å². The first-order chi connectivity index (χ1) is 15.6. The van der Waals surface area contributed by atoms with Crippen LogP contribution in [0.25, 0.3) is 0 Å². The fraction of sp³-hybridized carbons (Fsp3) is 0.417. The molecule has 3 saturated carbocycles. The molecule has 8 heteroatoms. The van der Waals surface area contributed by atoms with Gasteiger partial charge in [0.05, 0.1) is 11.1 Å². The van der Waals surface area contributed by atoms with Crippen LogP contribution in [-0.2, 0) is 4.79 Å². The number of amides is 3. The van der Waals surface area contributed by atoms with Crippen LogP contribution in [0.2, 0.25) is 0 Å². The molecular formula is C24H26N4O4. The van der Waals surface area contributed by atoms with E-state index in [4.69, 9.17) is 4.74 Å². The lowest BCUT2D eigenvalue weighted by atomic mass is 9.60. The summed E-state index contributed by atoms with van der Waals surface area (Å²) in [5, 5.41) is 8.87. The molecule has 1 spiro atoms. The summed E-state index contributed by atoms with van der Waals surface area (Å²) in [4.78, 5) is 41.5. The maximum absolute atomic E-state index is 12.9. The molecule has 166 valence electrons. The first-order valence-corrected chi connectivity index (χ1v) is 11.1. The lowest BCUT2D eigenvalue weighted by Crippen LogP contribution is -2.67. The minimum Gasteiger partial charge on any atom is -0.467 e. The van der Waals surface area contributed by atoms with Crippen LogP contribution in [0.4, 0.5) is 0 Å². The Balaban J connectivity index is 1.16. The van der Waals surface area contributed by atoms with E-state index in [0.29, 0.717) is 42.8 Å². The van der Waals surface area contributed by atoms with Gasteiger partial charge in [0.15, 0.2) is 5.72 Å². The number of para-hydroxylation sites is 1. The normalized spacial score (nSPS) is 27.8. The topological polar surface area (TPSA) is 109 Å². The zero-order valence-electron chi connectivity index (χ0n) is 17.7. The Morgan fingerprint density at radius 3 is 2.75 bits per heavy atom. The molecular weight excluding hydrogens is 408 g/mol. The van der Waals surface area contributed by atoms with Gasteiger partial charge in [-0.3, -0.25) is 19.4 Å². The second-order valence-corrected chi connectivity index (χ2v) is 8.81. The minimum absolute atomic E-state index is 0.00714. The Morgan fingerprint density at radius 1 is 1.12 bits per heavy atom. The number of nitrogens with one attached hydrogen (secondary N) is 3. The van der Waals surface area contributed by atoms with Crippen molar-refractivity contribution in [2.75, 3.05) is 13.1 Å². The van der Waals surface area contributed by atoms with Crippen LogP contribution in [-0.4, -0.2) is 41.5 Å². The number of hydrogen-bond acceptors (Lipinski definition) is 5. The van der Waals surface area contributed by atoms with E-state index in [2.05, 4.69) is 20.9 Å². The molecule has 1 aliphatic heterocycles. The summed E-state index contributed by atoms with van der Waals surface area (Å²) in [7, 11) is 0. The number of hydrogen-bond donors (Lipinski definition) is 3. The number of carbonyl (C=O) groups excluding carboxylic acids is 3. The zero-order chi connectivity index (χ0) is 22.1. The molecule has 0 saturated heterocycles. The Morgan fingerprint density at radius 2 is 1.97 bits per heavy atom. The maximum atomic E-state index is 12.9.